The standard InChI is InChI=1S/C13H14ClNO5/c1-9-5-6-11(15(18)19)10(8-16)13(9)20-7-3-2-4-12(14)17/h5-6,8H,2-4,7H2,1H3. The Balaban J connectivity index is 2.78. The summed E-state index contributed by atoms with van der Waals surface area (Å²) in [4.78, 5) is 31.8. The van der Waals surface area contributed by atoms with Crippen molar-refractivity contribution in [3.63, 3.8) is 0 Å². The van der Waals surface area contributed by atoms with Gasteiger partial charge in [-0.3, -0.25) is 19.7 Å². The van der Waals surface area contributed by atoms with Crippen LogP contribution in [0.25, 0.3) is 0 Å². The van der Waals surface area contributed by atoms with Crippen LogP contribution >= 0.6 is 11.6 Å². The number of benzene rings is 1. The van der Waals surface area contributed by atoms with E-state index < -0.39 is 10.2 Å². The molecule has 0 heterocycles. The van der Waals surface area contributed by atoms with Crippen LogP contribution in [0, 0.1) is 17.0 Å². The molecule has 0 bridgehead atoms. The van der Waals surface area contributed by atoms with Crippen LogP contribution in [0.1, 0.15) is 35.2 Å². The second-order valence-electron chi connectivity index (χ2n) is 4.18. The van der Waals surface area contributed by atoms with E-state index in [0.29, 0.717) is 24.7 Å². The number of aldehydes is 1. The lowest BCUT2D eigenvalue weighted by Gasteiger charge is -2.11. The second-order valence-corrected chi connectivity index (χ2v) is 4.60. The largest absolute Gasteiger partial charge is 0.492 e. The Bertz CT molecular complexity index is 530. The monoisotopic (exact) mass is 299 g/mol. The number of aryl methyl sites for hydroxylation is 1. The molecule has 20 heavy (non-hydrogen) atoms. The van der Waals surface area contributed by atoms with Crippen molar-refractivity contribution in [2.45, 2.75) is 26.2 Å². The molecule has 7 heteroatoms. The van der Waals surface area contributed by atoms with Crippen LogP contribution < -0.4 is 4.74 Å². The Morgan fingerprint density at radius 1 is 1.45 bits per heavy atom. The number of halogens is 1. The Morgan fingerprint density at radius 2 is 2.15 bits per heavy atom. The normalized spacial score (nSPS) is 10.1. The fourth-order valence-electron chi connectivity index (χ4n) is 1.70. The molecule has 0 fully saturated rings. The van der Waals surface area contributed by atoms with Crippen molar-refractivity contribution < 1.29 is 19.2 Å². The maximum atomic E-state index is 11.0. The highest BCUT2D eigenvalue weighted by molar-refractivity contribution is 6.63. The van der Waals surface area contributed by atoms with Gasteiger partial charge in [-0.15, -0.1) is 0 Å². The summed E-state index contributed by atoms with van der Waals surface area (Å²) in [7, 11) is 0. The van der Waals surface area contributed by atoms with Crippen LogP contribution in [0.5, 0.6) is 5.75 Å². The van der Waals surface area contributed by atoms with Crippen LogP contribution in [0.15, 0.2) is 12.1 Å². The molecule has 0 aliphatic heterocycles. The number of unbranched alkanes of at least 4 members (excludes halogenated alkanes) is 1. The molecule has 0 radical (unpaired) electrons. The summed E-state index contributed by atoms with van der Waals surface area (Å²) in [5.41, 5.74) is 0.297. The van der Waals surface area contributed by atoms with Gasteiger partial charge in [-0.2, -0.15) is 0 Å². The topological polar surface area (TPSA) is 86.5 Å². The third-order valence-electron chi connectivity index (χ3n) is 2.70. The summed E-state index contributed by atoms with van der Waals surface area (Å²) >= 11 is 5.20. The second kappa shape index (κ2) is 7.59. The van der Waals surface area contributed by atoms with Crippen molar-refractivity contribution in [3.05, 3.63) is 33.4 Å². The van der Waals surface area contributed by atoms with Gasteiger partial charge in [0.2, 0.25) is 5.24 Å². The Hall–Kier alpha value is -1.95. The van der Waals surface area contributed by atoms with Crippen LogP contribution in [-0.4, -0.2) is 23.1 Å². The van der Waals surface area contributed by atoms with E-state index in [2.05, 4.69) is 0 Å². The quantitative estimate of drug-likeness (QED) is 0.242. The van der Waals surface area contributed by atoms with Gasteiger partial charge in [0.25, 0.3) is 5.69 Å². The molecule has 1 aromatic carbocycles. The van der Waals surface area contributed by atoms with Gasteiger partial charge in [-0.25, -0.2) is 0 Å². The molecule has 0 aliphatic carbocycles. The minimum absolute atomic E-state index is 0.0663. The van der Waals surface area contributed by atoms with Gasteiger partial charge in [0.1, 0.15) is 11.3 Å². The molecule has 0 saturated heterocycles. The number of nitro groups is 1. The van der Waals surface area contributed by atoms with Gasteiger partial charge in [0.15, 0.2) is 6.29 Å². The van der Waals surface area contributed by atoms with E-state index in [9.17, 15) is 19.7 Å². The molecule has 1 aromatic rings. The number of ether oxygens (including phenoxy) is 1. The van der Waals surface area contributed by atoms with Gasteiger partial charge < -0.3 is 4.74 Å². The lowest BCUT2D eigenvalue weighted by molar-refractivity contribution is -0.385. The van der Waals surface area contributed by atoms with Crippen molar-refractivity contribution in [2.24, 2.45) is 0 Å². The molecular formula is C13H14ClNO5. The van der Waals surface area contributed by atoms with Crippen LogP contribution in [0.2, 0.25) is 0 Å². The summed E-state index contributed by atoms with van der Waals surface area (Å²) in [6, 6.07) is 2.81. The first kappa shape index (κ1) is 16.1. The molecule has 0 unspecified atom stereocenters. The lowest BCUT2D eigenvalue weighted by atomic mass is 10.1. The number of carbonyl (C=O) groups excluding carboxylic acids is 2. The van der Waals surface area contributed by atoms with Crippen molar-refractivity contribution in [1.82, 2.24) is 0 Å². The van der Waals surface area contributed by atoms with Crippen molar-refractivity contribution in [3.8, 4) is 5.75 Å². The van der Waals surface area contributed by atoms with Gasteiger partial charge >= 0.3 is 0 Å². The van der Waals surface area contributed by atoms with Crippen LogP contribution in [0.4, 0.5) is 5.69 Å². The van der Waals surface area contributed by atoms with Crippen molar-refractivity contribution >= 4 is 28.8 Å². The van der Waals surface area contributed by atoms with E-state index in [1.54, 1.807) is 6.92 Å². The van der Waals surface area contributed by atoms with Gasteiger partial charge in [0, 0.05) is 12.5 Å². The van der Waals surface area contributed by atoms with E-state index in [1.165, 1.54) is 12.1 Å². The summed E-state index contributed by atoms with van der Waals surface area (Å²) < 4.78 is 5.44. The molecule has 0 aromatic heterocycles. The SMILES string of the molecule is Cc1ccc([N+](=O)[O-])c(C=O)c1OCCCCC(=O)Cl. The zero-order valence-corrected chi connectivity index (χ0v) is 11.7. The zero-order chi connectivity index (χ0) is 15.1. The zero-order valence-electron chi connectivity index (χ0n) is 10.9. The lowest BCUT2D eigenvalue weighted by Crippen LogP contribution is -2.05. The number of nitrogens with zero attached hydrogens (tertiary/aromatic N) is 1. The van der Waals surface area contributed by atoms with E-state index in [0.717, 1.165) is 0 Å². The molecule has 108 valence electrons. The number of rotatable bonds is 8. The molecule has 6 nitrogen and oxygen atoms in total. The average Bonchev–Trinajstić information content (AvgIpc) is 2.38. The highest BCUT2D eigenvalue weighted by atomic mass is 35.5. The third-order valence-corrected chi connectivity index (χ3v) is 2.89. The van der Waals surface area contributed by atoms with E-state index in [1.807, 2.05) is 0 Å². The number of hydrogen-bond acceptors (Lipinski definition) is 5. The smallest absolute Gasteiger partial charge is 0.283 e. The average molecular weight is 300 g/mol. The number of hydrogen-bond donors (Lipinski definition) is 0. The molecule has 0 amide bonds. The van der Waals surface area contributed by atoms with Gasteiger partial charge in [0.05, 0.1) is 11.5 Å². The minimum atomic E-state index is -0.623. The van der Waals surface area contributed by atoms with Gasteiger partial charge in [-0.05, 0) is 43.0 Å². The highest BCUT2D eigenvalue weighted by Crippen LogP contribution is 2.30. The molecule has 1 rings (SSSR count). The van der Waals surface area contributed by atoms with Crippen molar-refractivity contribution in [1.29, 1.82) is 0 Å². The fraction of sp³-hybridized carbons (Fsp3) is 0.385. The van der Waals surface area contributed by atoms with Crippen molar-refractivity contribution in [2.75, 3.05) is 6.61 Å². The number of nitro benzene ring substituents is 1. The molecule has 0 saturated carbocycles. The summed E-state index contributed by atoms with van der Waals surface area (Å²) in [5, 5.41) is 10.4. The maximum Gasteiger partial charge on any atom is 0.283 e. The predicted molar refractivity (Wildman–Crippen MR) is 73.4 cm³/mol. The van der Waals surface area contributed by atoms with E-state index >= 15 is 0 Å². The first-order chi connectivity index (χ1) is 9.47. The number of carbonyl (C=O) groups is 2. The molecule has 0 spiro atoms. The third kappa shape index (κ3) is 4.31. The predicted octanol–water partition coefficient (Wildman–Crippen LogP) is 3.03. The molecule has 0 N–H and O–H groups in total. The molecule has 0 aliphatic rings. The summed E-state index contributed by atoms with van der Waals surface area (Å²) in [5.74, 6) is 0.214. The van der Waals surface area contributed by atoms with E-state index in [-0.39, 0.29) is 30.0 Å². The maximum absolute atomic E-state index is 11.0. The molecular weight excluding hydrogens is 286 g/mol. The summed E-state index contributed by atoms with van der Waals surface area (Å²) in [6.45, 7) is 1.96. The fourth-order valence-corrected chi connectivity index (χ4v) is 1.84. The Labute approximate surface area is 120 Å². The van der Waals surface area contributed by atoms with E-state index in [4.69, 9.17) is 16.3 Å². The molecule has 0 atom stereocenters. The van der Waals surface area contributed by atoms with Crippen LogP contribution in [-0.2, 0) is 4.79 Å². The highest BCUT2D eigenvalue weighted by Gasteiger charge is 2.20. The first-order valence-corrected chi connectivity index (χ1v) is 6.39. The Kier molecular flexibility index (Phi) is 6.11. The summed E-state index contributed by atoms with van der Waals surface area (Å²) in [6.07, 6.45) is 1.80. The minimum Gasteiger partial charge on any atom is -0.492 e. The van der Waals surface area contributed by atoms with Crippen LogP contribution in [0.3, 0.4) is 0 Å². The Morgan fingerprint density at radius 3 is 2.70 bits per heavy atom. The van der Waals surface area contributed by atoms with Gasteiger partial charge in [-0.1, -0.05) is 0 Å². The first-order valence-electron chi connectivity index (χ1n) is 6.01.